The van der Waals surface area contributed by atoms with E-state index >= 15 is 0 Å². The van der Waals surface area contributed by atoms with Crippen molar-refractivity contribution in [1.29, 1.82) is 0 Å². The van der Waals surface area contributed by atoms with E-state index in [0.29, 0.717) is 5.56 Å². The third kappa shape index (κ3) is 4.13. The summed E-state index contributed by atoms with van der Waals surface area (Å²) in [6.07, 6.45) is 1.45. The highest BCUT2D eigenvalue weighted by Crippen LogP contribution is 2.23. The van der Waals surface area contributed by atoms with Crippen LogP contribution in [0.5, 0.6) is 5.75 Å². The summed E-state index contributed by atoms with van der Waals surface area (Å²) in [4.78, 5) is 16.2. The topological polar surface area (TPSA) is 82.0 Å². The van der Waals surface area contributed by atoms with Crippen molar-refractivity contribution >= 4 is 28.1 Å². The number of halogens is 1. The number of carbonyl (C=O) groups is 1. The van der Waals surface area contributed by atoms with E-state index in [-0.39, 0.29) is 27.8 Å². The molecular weight excluding hydrogens is 409 g/mol. The molecule has 0 bridgehead atoms. The highest BCUT2D eigenvalue weighted by Gasteiger charge is 2.26. The lowest BCUT2D eigenvalue weighted by atomic mass is 10.2. The molecule has 1 aliphatic rings. The average Bonchev–Trinajstić information content (AvgIpc) is 3.10. The zero-order valence-electron chi connectivity index (χ0n) is 15.4. The second-order valence-corrected chi connectivity index (χ2v) is 7.78. The molecule has 4 rings (SSSR count). The summed E-state index contributed by atoms with van der Waals surface area (Å²) >= 11 is 0. The minimum Gasteiger partial charge on any atom is -0.402 e. The summed E-state index contributed by atoms with van der Waals surface area (Å²) in [6, 6.07) is 19.6. The molecule has 0 N–H and O–H groups in total. The second-order valence-electron chi connectivity index (χ2n) is 6.24. The van der Waals surface area contributed by atoms with Crippen LogP contribution in [0.25, 0.3) is 6.08 Å². The van der Waals surface area contributed by atoms with Crippen LogP contribution in [-0.2, 0) is 19.6 Å². The van der Waals surface area contributed by atoms with Crippen LogP contribution >= 0.6 is 0 Å². The fourth-order valence-electron chi connectivity index (χ4n) is 2.70. The Balaban J connectivity index is 1.54. The molecule has 3 aromatic rings. The largest absolute Gasteiger partial charge is 0.402 e. The zero-order chi connectivity index (χ0) is 21.1. The first kappa shape index (κ1) is 19.5. The SMILES string of the molecule is O=C1OC(c2ccccc2F)=N/C1=C\c1ccc(OS(=O)(=O)c2ccccc2)cc1. The third-order valence-corrected chi connectivity index (χ3v) is 5.41. The van der Waals surface area contributed by atoms with Crippen molar-refractivity contribution in [2.75, 3.05) is 0 Å². The highest BCUT2D eigenvalue weighted by atomic mass is 32.2. The molecular formula is C22H14FNO5S. The third-order valence-electron chi connectivity index (χ3n) is 4.15. The van der Waals surface area contributed by atoms with Crippen LogP contribution in [0.15, 0.2) is 94.4 Å². The molecule has 30 heavy (non-hydrogen) atoms. The van der Waals surface area contributed by atoms with Crippen LogP contribution in [0.4, 0.5) is 4.39 Å². The van der Waals surface area contributed by atoms with Gasteiger partial charge < -0.3 is 8.92 Å². The van der Waals surface area contributed by atoms with Gasteiger partial charge in [0.1, 0.15) is 16.5 Å². The molecule has 0 saturated carbocycles. The summed E-state index contributed by atoms with van der Waals surface area (Å²) in [5.41, 5.74) is 0.646. The van der Waals surface area contributed by atoms with Crippen LogP contribution in [0.3, 0.4) is 0 Å². The minimum absolute atomic E-state index is 0.00108. The lowest BCUT2D eigenvalue weighted by Gasteiger charge is -2.07. The number of ether oxygens (including phenoxy) is 1. The van der Waals surface area contributed by atoms with Gasteiger partial charge in [0.25, 0.3) is 0 Å². The summed E-state index contributed by atoms with van der Waals surface area (Å²) < 4.78 is 48.6. The van der Waals surface area contributed by atoms with Gasteiger partial charge in [0.05, 0.1) is 5.56 Å². The Morgan fingerprint density at radius 2 is 1.57 bits per heavy atom. The van der Waals surface area contributed by atoms with Gasteiger partial charge in [-0.2, -0.15) is 8.42 Å². The van der Waals surface area contributed by atoms with Gasteiger partial charge in [-0.05, 0) is 48.0 Å². The van der Waals surface area contributed by atoms with Crippen molar-refractivity contribution in [3.8, 4) is 5.75 Å². The number of aliphatic imine (C=N–C) groups is 1. The van der Waals surface area contributed by atoms with E-state index in [2.05, 4.69) is 4.99 Å². The Kier molecular flexibility index (Phi) is 5.16. The lowest BCUT2D eigenvalue weighted by molar-refractivity contribution is -0.129. The van der Waals surface area contributed by atoms with Gasteiger partial charge in [-0.15, -0.1) is 0 Å². The summed E-state index contributed by atoms with van der Waals surface area (Å²) in [7, 11) is -3.95. The molecule has 0 aromatic heterocycles. The van der Waals surface area contributed by atoms with Crippen molar-refractivity contribution < 1.29 is 26.5 Å². The molecule has 0 radical (unpaired) electrons. The van der Waals surface area contributed by atoms with Crippen molar-refractivity contribution in [2.24, 2.45) is 4.99 Å². The number of cyclic esters (lactones) is 1. The quantitative estimate of drug-likeness (QED) is 0.353. The predicted molar refractivity (Wildman–Crippen MR) is 108 cm³/mol. The maximum atomic E-state index is 13.9. The Morgan fingerprint density at radius 1 is 0.900 bits per heavy atom. The van der Waals surface area contributed by atoms with Crippen molar-refractivity contribution in [3.05, 3.63) is 102 Å². The number of hydrogen-bond donors (Lipinski definition) is 0. The van der Waals surface area contributed by atoms with E-state index in [9.17, 15) is 17.6 Å². The number of hydrogen-bond acceptors (Lipinski definition) is 6. The van der Waals surface area contributed by atoms with Crippen LogP contribution in [0.2, 0.25) is 0 Å². The van der Waals surface area contributed by atoms with E-state index in [1.54, 1.807) is 36.4 Å². The fourth-order valence-corrected chi connectivity index (χ4v) is 3.65. The van der Waals surface area contributed by atoms with Crippen LogP contribution in [-0.4, -0.2) is 20.3 Å². The van der Waals surface area contributed by atoms with E-state index in [1.807, 2.05) is 0 Å². The molecule has 0 fully saturated rings. The molecule has 8 heteroatoms. The molecule has 0 amide bonds. The van der Waals surface area contributed by atoms with E-state index < -0.39 is 21.9 Å². The number of esters is 1. The Hall–Kier alpha value is -3.78. The smallest absolute Gasteiger partial charge is 0.363 e. The van der Waals surface area contributed by atoms with Crippen molar-refractivity contribution in [3.63, 3.8) is 0 Å². The standard InChI is InChI=1S/C22H14FNO5S/c23-19-9-5-4-8-18(19)21-24-20(22(25)28-21)14-15-10-12-16(13-11-15)29-30(26,27)17-6-2-1-3-7-17/h1-14H/b20-14-. The Bertz CT molecular complexity index is 1270. The summed E-state index contributed by atoms with van der Waals surface area (Å²) in [6.45, 7) is 0. The molecule has 1 aliphatic heterocycles. The number of nitrogens with zero attached hydrogens (tertiary/aromatic N) is 1. The van der Waals surface area contributed by atoms with Gasteiger partial charge in [-0.1, -0.05) is 42.5 Å². The van der Waals surface area contributed by atoms with Gasteiger partial charge in [-0.3, -0.25) is 0 Å². The van der Waals surface area contributed by atoms with Crippen LogP contribution in [0, 0.1) is 5.82 Å². The predicted octanol–water partition coefficient (Wildman–Crippen LogP) is 3.94. The Labute approximate surface area is 172 Å². The lowest BCUT2D eigenvalue weighted by Crippen LogP contribution is -2.09. The second kappa shape index (κ2) is 7.92. The van der Waals surface area contributed by atoms with Crippen LogP contribution in [0.1, 0.15) is 11.1 Å². The molecule has 1 heterocycles. The average molecular weight is 423 g/mol. The highest BCUT2D eigenvalue weighted by molar-refractivity contribution is 7.87. The number of carbonyl (C=O) groups excluding carboxylic acids is 1. The molecule has 0 saturated heterocycles. The molecule has 3 aromatic carbocycles. The van der Waals surface area contributed by atoms with Gasteiger partial charge >= 0.3 is 16.1 Å². The van der Waals surface area contributed by atoms with Crippen molar-refractivity contribution in [2.45, 2.75) is 4.90 Å². The first-order valence-corrected chi connectivity index (χ1v) is 10.2. The van der Waals surface area contributed by atoms with Gasteiger partial charge in [-0.25, -0.2) is 14.2 Å². The van der Waals surface area contributed by atoms with Gasteiger partial charge in [0.15, 0.2) is 5.70 Å². The minimum atomic E-state index is -3.95. The number of rotatable bonds is 5. The normalized spacial score (nSPS) is 15.0. The summed E-state index contributed by atoms with van der Waals surface area (Å²) in [5, 5.41) is 0. The maximum Gasteiger partial charge on any atom is 0.363 e. The molecule has 0 spiro atoms. The molecule has 0 atom stereocenters. The monoisotopic (exact) mass is 423 g/mol. The van der Waals surface area contributed by atoms with Crippen LogP contribution < -0.4 is 4.18 Å². The number of benzene rings is 3. The molecule has 150 valence electrons. The van der Waals surface area contributed by atoms with Gasteiger partial charge in [0.2, 0.25) is 5.90 Å². The first-order chi connectivity index (χ1) is 14.4. The molecule has 0 unspecified atom stereocenters. The van der Waals surface area contributed by atoms with E-state index in [1.165, 1.54) is 48.5 Å². The van der Waals surface area contributed by atoms with Gasteiger partial charge in [0, 0.05) is 0 Å². The fraction of sp³-hybridized carbons (Fsp3) is 0. The van der Waals surface area contributed by atoms with E-state index in [0.717, 1.165) is 0 Å². The van der Waals surface area contributed by atoms with Crippen molar-refractivity contribution in [1.82, 2.24) is 0 Å². The van der Waals surface area contributed by atoms with E-state index in [4.69, 9.17) is 8.92 Å². The molecule has 0 aliphatic carbocycles. The maximum absolute atomic E-state index is 13.9. The zero-order valence-corrected chi connectivity index (χ0v) is 16.2. The summed E-state index contributed by atoms with van der Waals surface area (Å²) in [5.74, 6) is -1.25. The molecule has 6 nitrogen and oxygen atoms in total. The Morgan fingerprint density at radius 3 is 2.27 bits per heavy atom. The first-order valence-electron chi connectivity index (χ1n) is 8.79.